The van der Waals surface area contributed by atoms with Crippen LogP contribution >= 0.6 is 11.6 Å². The second kappa shape index (κ2) is 8.53. The van der Waals surface area contributed by atoms with E-state index in [9.17, 15) is 0 Å². The maximum Gasteiger partial charge on any atom is 0.000525 e. The summed E-state index contributed by atoms with van der Waals surface area (Å²) in [6.45, 7) is 2.23. The monoisotopic (exact) mass is 338 g/mol. The van der Waals surface area contributed by atoms with Gasteiger partial charge in [-0.3, -0.25) is 0 Å². The molecular weight excluding hydrogens is 312 g/mol. The number of allylic oxidation sites excluding steroid dienone is 1. The Balaban J connectivity index is 1.65. The minimum absolute atomic E-state index is 0.680. The molecule has 24 heavy (non-hydrogen) atoms. The molecule has 0 radical (unpaired) electrons. The maximum absolute atomic E-state index is 5.71. The molecule has 0 nitrogen and oxygen atoms in total. The van der Waals surface area contributed by atoms with Gasteiger partial charge in [0.15, 0.2) is 0 Å². The molecule has 1 aliphatic carbocycles. The molecule has 0 heterocycles. The van der Waals surface area contributed by atoms with Crippen molar-refractivity contribution in [1.29, 1.82) is 0 Å². The number of rotatable bonds is 5. The van der Waals surface area contributed by atoms with Crippen LogP contribution in [-0.2, 0) is 6.42 Å². The van der Waals surface area contributed by atoms with Gasteiger partial charge in [-0.1, -0.05) is 79.6 Å². The van der Waals surface area contributed by atoms with E-state index in [-0.39, 0.29) is 0 Å². The molecule has 0 atom stereocenters. The first-order chi connectivity index (χ1) is 11.8. The molecule has 0 N–H and O–H groups in total. The van der Waals surface area contributed by atoms with E-state index < -0.39 is 0 Å². The molecular formula is C23H27Cl. The molecule has 0 saturated heterocycles. The quantitative estimate of drug-likeness (QED) is 0.535. The third kappa shape index (κ3) is 4.30. The molecule has 0 bridgehead atoms. The number of hydrogen-bond acceptors (Lipinski definition) is 0. The molecule has 0 amide bonds. The lowest BCUT2D eigenvalue weighted by molar-refractivity contribution is 0.376. The van der Waals surface area contributed by atoms with E-state index in [2.05, 4.69) is 61.5 Å². The third-order valence-corrected chi connectivity index (χ3v) is 5.47. The van der Waals surface area contributed by atoms with Gasteiger partial charge in [-0.25, -0.2) is 0 Å². The van der Waals surface area contributed by atoms with Crippen molar-refractivity contribution in [1.82, 2.24) is 0 Å². The Kier molecular flexibility index (Phi) is 6.15. The van der Waals surface area contributed by atoms with Crippen LogP contribution < -0.4 is 0 Å². The van der Waals surface area contributed by atoms with Gasteiger partial charge in [0.25, 0.3) is 0 Å². The van der Waals surface area contributed by atoms with Crippen LogP contribution in [0.2, 0.25) is 0 Å². The van der Waals surface area contributed by atoms with Crippen molar-refractivity contribution in [3.63, 3.8) is 0 Å². The van der Waals surface area contributed by atoms with Gasteiger partial charge < -0.3 is 0 Å². The van der Waals surface area contributed by atoms with Crippen LogP contribution in [0.4, 0.5) is 0 Å². The van der Waals surface area contributed by atoms with Crippen LogP contribution in [0.5, 0.6) is 0 Å². The van der Waals surface area contributed by atoms with Crippen LogP contribution in [0.15, 0.2) is 60.1 Å². The van der Waals surface area contributed by atoms with E-state index in [0.717, 1.165) is 0 Å². The summed E-state index contributed by atoms with van der Waals surface area (Å²) in [5, 5.41) is 0. The summed E-state index contributed by atoms with van der Waals surface area (Å²) in [4.78, 5) is 0. The molecule has 0 aliphatic heterocycles. The molecule has 1 heteroatoms. The van der Waals surface area contributed by atoms with Crippen molar-refractivity contribution < 1.29 is 0 Å². The Morgan fingerprint density at radius 3 is 2.00 bits per heavy atom. The van der Waals surface area contributed by atoms with Crippen molar-refractivity contribution in [2.45, 2.75) is 51.4 Å². The molecule has 1 aliphatic rings. The highest BCUT2D eigenvalue weighted by Gasteiger charge is 2.20. The van der Waals surface area contributed by atoms with Crippen LogP contribution in [0.1, 0.15) is 56.1 Å². The molecule has 2 aromatic rings. The SMILES string of the molecule is CCCc1ccc(-c2ccc(C3CCC(/C=C/Cl)CC3)cc2)cc1. The molecule has 0 aromatic heterocycles. The lowest BCUT2D eigenvalue weighted by Gasteiger charge is -2.27. The second-order valence-corrected chi connectivity index (χ2v) is 7.25. The molecule has 3 rings (SSSR count). The minimum atomic E-state index is 0.680. The van der Waals surface area contributed by atoms with Gasteiger partial charge in [0.05, 0.1) is 0 Å². The van der Waals surface area contributed by atoms with E-state index in [4.69, 9.17) is 11.6 Å². The predicted molar refractivity (Wildman–Crippen MR) is 106 cm³/mol. The Hall–Kier alpha value is -1.53. The van der Waals surface area contributed by atoms with Crippen molar-refractivity contribution in [3.8, 4) is 11.1 Å². The fourth-order valence-electron chi connectivity index (χ4n) is 3.85. The Bertz CT molecular complexity index is 643. The zero-order valence-electron chi connectivity index (χ0n) is 14.5. The van der Waals surface area contributed by atoms with E-state index in [0.29, 0.717) is 11.8 Å². The molecule has 1 saturated carbocycles. The maximum atomic E-state index is 5.71. The normalized spacial score (nSPS) is 21.2. The Morgan fingerprint density at radius 1 is 0.875 bits per heavy atom. The number of halogens is 1. The molecule has 126 valence electrons. The lowest BCUT2D eigenvalue weighted by atomic mass is 9.78. The summed E-state index contributed by atoms with van der Waals surface area (Å²) in [5.41, 5.74) is 7.25. The summed E-state index contributed by atoms with van der Waals surface area (Å²) < 4.78 is 0. The average molecular weight is 339 g/mol. The fraction of sp³-hybridized carbons (Fsp3) is 0.391. The van der Waals surface area contributed by atoms with Gasteiger partial charge in [0.1, 0.15) is 0 Å². The topological polar surface area (TPSA) is 0 Å². The highest BCUT2D eigenvalue weighted by atomic mass is 35.5. The average Bonchev–Trinajstić information content (AvgIpc) is 2.64. The van der Waals surface area contributed by atoms with Crippen molar-refractivity contribution >= 4 is 11.6 Å². The third-order valence-electron chi connectivity index (χ3n) is 5.32. The highest BCUT2D eigenvalue weighted by Crippen LogP contribution is 2.37. The number of benzene rings is 2. The summed E-state index contributed by atoms with van der Waals surface area (Å²) in [6, 6.07) is 18.3. The van der Waals surface area contributed by atoms with Crippen LogP contribution in [0, 0.1) is 5.92 Å². The highest BCUT2D eigenvalue weighted by molar-refractivity contribution is 6.25. The van der Waals surface area contributed by atoms with Crippen LogP contribution in [0.25, 0.3) is 11.1 Å². The van der Waals surface area contributed by atoms with Crippen LogP contribution in [-0.4, -0.2) is 0 Å². The summed E-state index contributed by atoms with van der Waals surface area (Å²) >= 11 is 5.71. The first kappa shape index (κ1) is 17.3. The number of hydrogen-bond donors (Lipinski definition) is 0. The van der Waals surface area contributed by atoms with Gasteiger partial charge in [-0.05, 0) is 66.2 Å². The first-order valence-corrected chi connectivity index (χ1v) is 9.70. The number of aryl methyl sites for hydroxylation is 1. The first-order valence-electron chi connectivity index (χ1n) is 9.26. The van der Waals surface area contributed by atoms with Gasteiger partial charge >= 0.3 is 0 Å². The van der Waals surface area contributed by atoms with Crippen molar-refractivity contribution in [2.75, 3.05) is 0 Å². The smallest absolute Gasteiger partial charge is 0.000525 e. The standard InChI is InChI=1S/C23H27Cl/c1-2-3-18-4-8-20(9-5-18)22-12-14-23(15-13-22)21-10-6-19(7-11-21)16-17-24/h4-5,8-9,12-17,19,21H,2-3,6-7,10-11H2,1H3/b17-16+. The molecule has 0 unspecified atom stereocenters. The van der Waals surface area contributed by atoms with Crippen molar-refractivity contribution in [3.05, 3.63) is 71.3 Å². The van der Waals surface area contributed by atoms with Crippen molar-refractivity contribution in [2.24, 2.45) is 5.92 Å². The van der Waals surface area contributed by atoms with E-state index in [1.165, 1.54) is 60.8 Å². The molecule has 1 fully saturated rings. The summed E-state index contributed by atoms with van der Waals surface area (Å²) in [7, 11) is 0. The zero-order chi connectivity index (χ0) is 16.8. The van der Waals surface area contributed by atoms with Gasteiger partial charge in [0, 0.05) is 5.54 Å². The summed E-state index contributed by atoms with van der Waals surface area (Å²) in [6.07, 6.45) is 9.60. The fourth-order valence-corrected chi connectivity index (χ4v) is 4.05. The van der Waals surface area contributed by atoms with E-state index in [1.54, 1.807) is 5.54 Å². The predicted octanol–water partition coefficient (Wildman–Crippen LogP) is 7.33. The largest absolute Gasteiger partial charge is 0.0933 e. The minimum Gasteiger partial charge on any atom is -0.0933 e. The van der Waals surface area contributed by atoms with Gasteiger partial charge in [-0.15, -0.1) is 0 Å². The second-order valence-electron chi connectivity index (χ2n) is 7.00. The van der Waals surface area contributed by atoms with Gasteiger partial charge in [0.2, 0.25) is 0 Å². The molecule has 0 spiro atoms. The lowest BCUT2D eigenvalue weighted by Crippen LogP contribution is -2.11. The summed E-state index contributed by atoms with van der Waals surface area (Å²) in [5.74, 6) is 1.39. The van der Waals surface area contributed by atoms with E-state index >= 15 is 0 Å². The van der Waals surface area contributed by atoms with Crippen LogP contribution in [0.3, 0.4) is 0 Å². The molecule has 2 aromatic carbocycles. The Labute approximate surface area is 151 Å². The van der Waals surface area contributed by atoms with Gasteiger partial charge in [-0.2, -0.15) is 0 Å². The van der Waals surface area contributed by atoms with E-state index in [1.807, 2.05) is 0 Å². The Morgan fingerprint density at radius 2 is 1.46 bits per heavy atom. The zero-order valence-corrected chi connectivity index (χ0v) is 15.3.